The molecule has 0 spiro atoms. The van der Waals surface area contributed by atoms with Crippen LogP contribution < -0.4 is 5.73 Å². The van der Waals surface area contributed by atoms with Gasteiger partial charge in [-0.15, -0.1) is 0 Å². The maximum Gasteiger partial charge on any atom is 0.0452 e. The highest BCUT2D eigenvalue weighted by Crippen LogP contribution is 2.27. The van der Waals surface area contributed by atoms with Crippen LogP contribution in [0.4, 0.5) is 0 Å². The smallest absolute Gasteiger partial charge is 0.0452 e. The highest BCUT2D eigenvalue weighted by molar-refractivity contribution is 6.36. The Morgan fingerprint density at radius 1 is 0.850 bits per heavy atom. The third-order valence-corrected chi connectivity index (χ3v) is 4.29. The van der Waals surface area contributed by atoms with Crippen LogP contribution >= 0.6 is 34.8 Å². The lowest BCUT2D eigenvalue weighted by molar-refractivity contribution is 0.533. The van der Waals surface area contributed by atoms with Crippen molar-refractivity contribution in [3.63, 3.8) is 0 Å². The molecule has 1 nitrogen and oxygen atoms in total. The largest absolute Gasteiger partial charge is 0.330 e. The van der Waals surface area contributed by atoms with E-state index in [4.69, 9.17) is 40.5 Å². The minimum absolute atomic E-state index is 0.300. The van der Waals surface area contributed by atoms with E-state index in [2.05, 4.69) is 0 Å². The average molecular weight is 329 g/mol. The Labute approximate surface area is 134 Å². The summed E-state index contributed by atoms with van der Waals surface area (Å²) in [5.74, 6) is 0.300. The van der Waals surface area contributed by atoms with Crippen molar-refractivity contribution in [1.82, 2.24) is 0 Å². The van der Waals surface area contributed by atoms with Crippen molar-refractivity contribution in [3.05, 3.63) is 68.7 Å². The molecule has 2 rings (SSSR count). The van der Waals surface area contributed by atoms with Crippen molar-refractivity contribution in [1.29, 1.82) is 0 Å². The van der Waals surface area contributed by atoms with Crippen molar-refractivity contribution < 1.29 is 0 Å². The van der Waals surface area contributed by atoms with Gasteiger partial charge in [0.25, 0.3) is 0 Å². The van der Waals surface area contributed by atoms with Gasteiger partial charge in [0.05, 0.1) is 0 Å². The molecule has 2 N–H and O–H groups in total. The normalized spacial score (nSPS) is 12.4. The van der Waals surface area contributed by atoms with E-state index >= 15 is 0 Å². The van der Waals surface area contributed by atoms with Crippen molar-refractivity contribution >= 4 is 34.8 Å². The SMILES string of the molecule is NCC(Cc1ccc(Cl)cc1)Cc1c(Cl)cccc1Cl. The highest BCUT2D eigenvalue weighted by Gasteiger charge is 2.13. The quantitative estimate of drug-likeness (QED) is 0.820. The first-order chi connectivity index (χ1) is 9.60. The molecule has 0 aromatic heterocycles. The van der Waals surface area contributed by atoms with Gasteiger partial charge >= 0.3 is 0 Å². The average Bonchev–Trinajstić information content (AvgIpc) is 2.44. The van der Waals surface area contributed by atoms with Crippen LogP contribution in [0.3, 0.4) is 0 Å². The molecule has 0 aliphatic rings. The first kappa shape index (κ1) is 15.7. The second kappa shape index (κ2) is 7.33. The predicted octanol–water partition coefficient (Wildman–Crippen LogP) is 5.01. The molecule has 106 valence electrons. The van der Waals surface area contributed by atoms with Crippen LogP contribution in [-0.4, -0.2) is 6.54 Å². The molecular weight excluding hydrogens is 313 g/mol. The second-order valence-electron chi connectivity index (χ2n) is 4.84. The van der Waals surface area contributed by atoms with Gasteiger partial charge in [-0.25, -0.2) is 0 Å². The predicted molar refractivity (Wildman–Crippen MR) is 87.9 cm³/mol. The maximum absolute atomic E-state index is 6.21. The molecule has 20 heavy (non-hydrogen) atoms. The Balaban J connectivity index is 2.11. The summed E-state index contributed by atoms with van der Waals surface area (Å²) in [5.41, 5.74) is 8.07. The van der Waals surface area contributed by atoms with Gasteiger partial charge in [-0.3, -0.25) is 0 Å². The summed E-state index contributed by atoms with van der Waals surface area (Å²) < 4.78 is 0. The minimum Gasteiger partial charge on any atom is -0.330 e. The third-order valence-electron chi connectivity index (χ3n) is 3.33. The minimum atomic E-state index is 0.300. The maximum atomic E-state index is 6.21. The van der Waals surface area contributed by atoms with Crippen molar-refractivity contribution in [2.75, 3.05) is 6.54 Å². The molecule has 2 aromatic carbocycles. The van der Waals surface area contributed by atoms with E-state index in [9.17, 15) is 0 Å². The molecule has 1 atom stereocenters. The van der Waals surface area contributed by atoms with Crippen molar-refractivity contribution in [2.24, 2.45) is 11.7 Å². The molecule has 1 unspecified atom stereocenters. The van der Waals surface area contributed by atoms with Gasteiger partial charge in [-0.05, 0) is 60.7 Å². The number of nitrogens with two attached hydrogens (primary N) is 1. The van der Waals surface area contributed by atoms with Crippen LogP contribution in [0, 0.1) is 5.92 Å². The molecular formula is C16H16Cl3N. The zero-order valence-electron chi connectivity index (χ0n) is 11.0. The van der Waals surface area contributed by atoms with Gasteiger partial charge in [0.1, 0.15) is 0 Å². The Morgan fingerprint density at radius 3 is 2.00 bits per heavy atom. The Morgan fingerprint density at radius 2 is 1.45 bits per heavy atom. The summed E-state index contributed by atoms with van der Waals surface area (Å²) in [6.07, 6.45) is 1.66. The van der Waals surface area contributed by atoms with E-state index in [0.29, 0.717) is 22.5 Å². The summed E-state index contributed by atoms with van der Waals surface area (Å²) >= 11 is 18.3. The van der Waals surface area contributed by atoms with E-state index in [1.807, 2.05) is 42.5 Å². The first-order valence-corrected chi connectivity index (χ1v) is 7.61. The van der Waals surface area contributed by atoms with Crippen LogP contribution in [0.15, 0.2) is 42.5 Å². The topological polar surface area (TPSA) is 26.0 Å². The Bertz CT molecular complexity index is 546. The fourth-order valence-corrected chi connectivity index (χ4v) is 2.89. The zero-order chi connectivity index (χ0) is 14.5. The Kier molecular flexibility index (Phi) is 5.74. The fraction of sp³-hybridized carbons (Fsp3) is 0.250. The molecule has 2 aromatic rings. The monoisotopic (exact) mass is 327 g/mol. The number of halogens is 3. The van der Waals surface area contributed by atoms with Gasteiger partial charge in [0, 0.05) is 15.1 Å². The standard InChI is InChI=1S/C16H16Cl3N/c17-13-6-4-11(5-7-13)8-12(10-20)9-14-15(18)2-1-3-16(14)19/h1-7,12H,8-10,20H2. The molecule has 0 amide bonds. The van der Waals surface area contributed by atoms with Gasteiger partial charge < -0.3 is 5.73 Å². The number of hydrogen-bond donors (Lipinski definition) is 1. The van der Waals surface area contributed by atoms with E-state index in [1.165, 1.54) is 5.56 Å². The van der Waals surface area contributed by atoms with E-state index in [0.717, 1.165) is 23.4 Å². The molecule has 4 heteroatoms. The number of rotatable bonds is 5. The van der Waals surface area contributed by atoms with Gasteiger partial charge in [-0.2, -0.15) is 0 Å². The molecule has 0 bridgehead atoms. The highest BCUT2D eigenvalue weighted by atomic mass is 35.5. The summed E-state index contributed by atoms with van der Waals surface area (Å²) in [5, 5.41) is 2.14. The summed E-state index contributed by atoms with van der Waals surface area (Å²) in [4.78, 5) is 0. The molecule has 0 fully saturated rings. The van der Waals surface area contributed by atoms with Crippen molar-refractivity contribution in [3.8, 4) is 0 Å². The molecule has 0 aliphatic heterocycles. The molecule has 0 heterocycles. The Hall–Kier alpha value is -0.730. The summed E-state index contributed by atoms with van der Waals surface area (Å²) in [7, 11) is 0. The van der Waals surface area contributed by atoms with Crippen LogP contribution in [0.1, 0.15) is 11.1 Å². The lowest BCUT2D eigenvalue weighted by atomic mass is 9.92. The van der Waals surface area contributed by atoms with E-state index in [-0.39, 0.29) is 0 Å². The van der Waals surface area contributed by atoms with Gasteiger partial charge in [-0.1, -0.05) is 53.0 Å². The van der Waals surface area contributed by atoms with Crippen LogP contribution in [0.2, 0.25) is 15.1 Å². The van der Waals surface area contributed by atoms with E-state index < -0.39 is 0 Å². The zero-order valence-corrected chi connectivity index (χ0v) is 13.2. The fourth-order valence-electron chi connectivity index (χ4n) is 2.21. The van der Waals surface area contributed by atoms with E-state index in [1.54, 1.807) is 0 Å². The van der Waals surface area contributed by atoms with Crippen LogP contribution in [-0.2, 0) is 12.8 Å². The number of benzene rings is 2. The lowest BCUT2D eigenvalue weighted by Crippen LogP contribution is -2.19. The van der Waals surface area contributed by atoms with Crippen LogP contribution in [0.25, 0.3) is 0 Å². The molecule has 0 aliphatic carbocycles. The first-order valence-electron chi connectivity index (χ1n) is 6.47. The molecule has 0 saturated heterocycles. The summed E-state index contributed by atoms with van der Waals surface area (Å²) in [6.45, 7) is 0.587. The molecule has 0 saturated carbocycles. The second-order valence-corrected chi connectivity index (χ2v) is 6.09. The van der Waals surface area contributed by atoms with Gasteiger partial charge in [0.2, 0.25) is 0 Å². The van der Waals surface area contributed by atoms with Crippen LogP contribution in [0.5, 0.6) is 0 Å². The van der Waals surface area contributed by atoms with Gasteiger partial charge in [0.15, 0.2) is 0 Å². The summed E-state index contributed by atoms with van der Waals surface area (Å²) in [6, 6.07) is 13.4. The number of hydrogen-bond acceptors (Lipinski definition) is 1. The molecule has 0 radical (unpaired) electrons. The third kappa shape index (κ3) is 4.13. The van der Waals surface area contributed by atoms with Crippen molar-refractivity contribution in [2.45, 2.75) is 12.8 Å². The lowest BCUT2D eigenvalue weighted by Gasteiger charge is -2.17.